The number of halogens is 2. The minimum atomic E-state index is -0.947. The maximum atomic E-state index is 12.0. The van der Waals surface area contributed by atoms with Crippen LogP contribution in [0.2, 0.25) is 10.0 Å². The van der Waals surface area contributed by atoms with E-state index in [1.54, 1.807) is 25.4 Å². The minimum absolute atomic E-state index is 0.149. The lowest BCUT2D eigenvalue weighted by Crippen LogP contribution is -2.19. The summed E-state index contributed by atoms with van der Waals surface area (Å²) < 4.78 is 3.54. The molecule has 1 N–H and O–H groups in total. The van der Waals surface area contributed by atoms with E-state index in [0.29, 0.717) is 23.0 Å². The van der Waals surface area contributed by atoms with Crippen molar-refractivity contribution in [3.8, 4) is 0 Å². The summed E-state index contributed by atoms with van der Waals surface area (Å²) in [6, 6.07) is 11.1. The number of nitrogens with zero attached hydrogens (tertiary/aromatic N) is 2. The molecule has 0 saturated heterocycles. The highest BCUT2D eigenvalue weighted by atomic mass is 35.5. The van der Waals surface area contributed by atoms with Crippen LogP contribution in [0.1, 0.15) is 52.0 Å². The molecule has 1 unspecified atom stereocenters. The first-order valence-electron chi connectivity index (χ1n) is 9.39. The largest absolute Gasteiger partial charge is 0.478 e. The number of carbonyl (C=O) groups is 1. The number of aromatic carboxylic acids is 1. The number of pyridine rings is 1. The van der Waals surface area contributed by atoms with Gasteiger partial charge in [0.25, 0.3) is 5.56 Å². The van der Waals surface area contributed by atoms with E-state index >= 15 is 0 Å². The van der Waals surface area contributed by atoms with Crippen molar-refractivity contribution in [3.05, 3.63) is 91.6 Å². The highest BCUT2D eigenvalue weighted by molar-refractivity contribution is 6.30. The average molecular weight is 431 g/mol. The predicted molar refractivity (Wildman–Crippen MR) is 113 cm³/mol. The molecule has 5 nitrogen and oxygen atoms in total. The van der Waals surface area contributed by atoms with Crippen molar-refractivity contribution in [1.29, 1.82) is 0 Å². The van der Waals surface area contributed by atoms with Gasteiger partial charge in [0.15, 0.2) is 0 Å². The van der Waals surface area contributed by atoms with Crippen LogP contribution < -0.4 is 5.56 Å². The van der Waals surface area contributed by atoms with E-state index in [1.807, 2.05) is 30.5 Å². The Kier molecular flexibility index (Phi) is 5.28. The second-order valence-corrected chi connectivity index (χ2v) is 8.32. The fraction of sp³-hybridized carbons (Fsp3) is 0.273. The molecule has 2 aromatic heterocycles. The Hall–Kier alpha value is -2.50. The normalized spacial score (nSPS) is 14.7. The zero-order valence-corrected chi connectivity index (χ0v) is 17.3. The van der Waals surface area contributed by atoms with E-state index < -0.39 is 5.97 Å². The standard InChI is InChI=1S/C22H20Cl2N2O3/c1-25-12-13(11-19(24)21(25)27)10-18(14-2-4-15(23)5-3-14)20-17(22(28)29)8-9-26(20)16-6-7-16/h2-5,8-9,11-12,16,18H,6-7,10H2,1H3,(H,28,29). The van der Waals surface area contributed by atoms with E-state index in [0.717, 1.165) is 29.7 Å². The Balaban J connectivity index is 1.86. The number of aryl methyl sites for hydroxylation is 1. The maximum absolute atomic E-state index is 12.0. The first kappa shape index (κ1) is 19.8. The van der Waals surface area contributed by atoms with Crippen molar-refractivity contribution in [2.75, 3.05) is 0 Å². The third-order valence-electron chi connectivity index (χ3n) is 5.37. The summed E-state index contributed by atoms with van der Waals surface area (Å²) in [7, 11) is 1.66. The fourth-order valence-electron chi connectivity index (χ4n) is 3.83. The van der Waals surface area contributed by atoms with Gasteiger partial charge in [-0.1, -0.05) is 35.3 Å². The Labute approximate surface area is 178 Å². The Bertz CT molecular complexity index is 1100. The number of carboxylic acids is 1. The molecule has 1 saturated carbocycles. The van der Waals surface area contributed by atoms with E-state index in [-0.39, 0.29) is 16.5 Å². The number of rotatable bonds is 6. The summed E-state index contributed by atoms with van der Waals surface area (Å²) in [5, 5.41) is 10.6. The van der Waals surface area contributed by atoms with E-state index in [4.69, 9.17) is 23.2 Å². The average Bonchev–Trinajstić information content (AvgIpc) is 3.43. The number of carboxylic acid groups (broad SMARTS) is 1. The van der Waals surface area contributed by atoms with Crippen LogP contribution in [0.25, 0.3) is 0 Å². The monoisotopic (exact) mass is 430 g/mol. The first-order valence-corrected chi connectivity index (χ1v) is 10.1. The highest BCUT2D eigenvalue weighted by Crippen LogP contribution is 2.41. The molecular weight excluding hydrogens is 411 g/mol. The van der Waals surface area contributed by atoms with Crippen molar-refractivity contribution in [1.82, 2.24) is 9.13 Å². The smallest absolute Gasteiger partial charge is 0.337 e. The lowest BCUT2D eigenvalue weighted by atomic mass is 9.87. The van der Waals surface area contributed by atoms with Gasteiger partial charge < -0.3 is 14.2 Å². The van der Waals surface area contributed by atoms with Crippen LogP contribution in [0.3, 0.4) is 0 Å². The molecule has 29 heavy (non-hydrogen) atoms. The van der Waals surface area contributed by atoms with E-state index in [1.165, 1.54) is 4.57 Å². The molecule has 1 fully saturated rings. The minimum Gasteiger partial charge on any atom is -0.478 e. The Morgan fingerprint density at radius 2 is 1.90 bits per heavy atom. The number of hydrogen-bond acceptors (Lipinski definition) is 2. The molecule has 150 valence electrons. The highest BCUT2D eigenvalue weighted by Gasteiger charge is 2.32. The maximum Gasteiger partial charge on any atom is 0.337 e. The number of hydrogen-bond donors (Lipinski definition) is 1. The fourth-order valence-corrected chi connectivity index (χ4v) is 4.23. The molecule has 0 aliphatic heterocycles. The summed E-state index contributed by atoms with van der Waals surface area (Å²) >= 11 is 12.2. The Morgan fingerprint density at radius 1 is 1.21 bits per heavy atom. The van der Waals surface area contributed by atoms with Crippen molar-refractivity contribution in [2.45, 2.75) is 31.2 Å². The number of aromatic nitrogens is 2. The van der Waals surface area contributed by atoms with E-state index in [9.17, 15) is 14.7 Å². The van der Waals surface area contributed by atoms with Crippen molar-refractivity contribution >= 4 is 29.2 Å². The van der Waals surface area contributed by atoms with Gasteiger partial charge in [-0.2, -0.15) is 0 Å². The van der Waals surface area contributed by atoms with Crippen molar-refractivity contribution < 1.29 is 9.90 Å². The number of benzene rings is 1. The molecule has 3 aromatic rings. The van der Waals surface area contributed by atoms with Crippen LogP contribution in [0, 0.1) is 0 Å². The molecule has 0 bridgehead atoms. The zero-order chi connectivity index (χ0) is 20.7. The van der Waals surface area contributed by atoms with Gasteiger partial charge in [0.1, 0.15) is 5.02 Å². The van der Waals surface area contributed by atoms with Crippen LogP contribution in [0.15, 0.2) is 53.6 Å². The van der Waals surface area contributed by atoms with Gasteiger partial charge >= 0.3 is 5.97 Å². The summed E-state index contributed by atoms with van der Waals surface area (Å²) in [4.78, 5) is 23.9. The lowest BCUT2D eigenvalue weighted by Gasteiger charge is -2.22. The molecule has 1 atom stereocenters. The molecular formula is C22H20Cl2N2O3. The Morgan fingerprint density at radius 3 is 2.48 bits per heavy atom. The van der Waals surface area contributed by atoms with Crippen LogP contribution in [-0.4, -0.2) is 20.2 Å². The van der Waals surface area contributed by atoms with Gasteiger partial charge in [0.05, 0.1) is 5.56 Å². The molecule has 1 aliphatic rings. The van der Waals surface area contributed by atoms with Crippen LogP contribution in [0.4, 0.5) is 0 Å². The van der Waals surface area contributed by atoms with Gasteiger partial charge in [0.2, 0.25) is 0 Å². The van der Waals surface area contributed by atoms with Crippen LogP contribution >= 0.6 is 23.2 Å². The quantitative estimate of drug-likeness (QED) is 0.604. The van der Waals surface area contributed by atoms with Crippen molar-refractivity contribution in [3.63, 3.8) is 0 Å². The van der Waals surface area contributed by atoms with Crippen molar-refractivity contribution in [2.24, 2.45) is 7.05 Å². The molecule has 0 spiro atoms. The van der Waals surface area contributed by atoms with Gasteiger partial charge in [-0.15, -0.1) is 0 Å². The summed E-state index contributed by atoms with van der Waals surface area (Å²) in [6.07, 6.45) is 6.21. The van der Waals surface area contributed by atoms with Gasteiger partial charge in [-0.25, -0.2) is 4.79 Å². The van der Waals surface area contributed by atoms with Crippen LogP contribution in [0.5, 0.6) is 0 Å². The second kappa shape index (κ2) is 7.73. The van der Waals surface area contributed by atoms with Gasteiger partial charge in [-0.05, 0) is 54.7 Å². The summed E-state index contributed by atoms with van der Waals surface area (Å²) in [5.74, 6) is -1.17. The van der Waals surface area contributed by atoms with E-state index in [2.05, 4.69) is 4.57 Å². The summed E-state index contributed by atoms with van der Waals surface area (Å²) in [5.41, 5.74) is 2.63. The molecule has 1 aromatic carbocycles. The van der Waals surface area contributed by atoms with Gasteiger partial charge in [0, 0.05) is 42.1 Å². The third-order valence-corrected chi connectivity index (χ3v) is 5.89. The SMILES string of the molecule is Cn1cc(CC(c2ccc(Cl)cc2)c2c(C(=O)O)ccn2C2CC2)cc(Cl)c1=O. The van der Waals surface area contributed by atoms with Crippen LogP contribution in [-0.2, 0) is 13.5 Å². The molecule has 0 radical (unpaired) electrons. The lowest BCUT2D eigenvalue weighted by molar-refractivity contribution is 0.0695. The molecule has 0 amide bonds. The second-order valence-electron chi connectivity index (χ2n) is 7.48. The molecule has 2 heterocycles. The molecule has 7 heteroatoms. The molecule has 1 aliphatic carbocycles. The third kappa shape index (κ3) is 3.98. The first-order chi connectivity index (χ1) is 13.8. The topological polar surface area (TPSA) is 64.2 Å². The molecule has 4 rings (SSSR count). The zero-order valence-electron chi connectivity index (χ0n) is 15.8. The summed E-state index contributed by atoms with van der Waals surface area (Å²) in [6.45, 7) is 0. The van der Waals surface area contributed by atoms with Gasteiger partial charge in [-0.3, -0.25) is 4.79 Å². The predicted octanol–water partition coefficient (Wildman–Crippen LogP) is 4.90.